The Hall–Kier alpha value is -4.33. The molecule has 1 aliphatic heterocycles. The Morgan fingerprint density at radius 3 is 2.37 bits per heavy atom. The van der Waals surface area contributed by atoms with Crippen LogP contribution in [0.2, 0.25) is 5.02 Å². The number of nitrogens with zero attached hydrogens (tertiary/aromatic N) is 3. The third kappa shape index (κ3) is 5.51. The Morgan fingerprint density at radius 1 is 1.00 bits per heavy atom. The highest BCUT2D eigenvalue weighted by Gasteiger charge is 2.44. The average molecular weight is 601 g/mol. The first-order valence-electron chi connectivity index (χ1n) is 11.6. The van der Waals surface area contributed by atoms with E-state index in [9.17, 15) is 45.4 Å². The molecule has 0 saturated heterocycles. The van der Waals surface area contributed by atoms with Gasteiger partial charge in [-0.2, -0.15) is 26.3 Å². The number of fused-ring (bicyclic) bond motifs is 2. The van der Waals surface area contributed by atoms with E-state index in [0.29, 0.717) is 21.7 Å². The van der Waals surface area contributed by atoms with Crippen LogP contribution in [0.1, 0.15) is 38.7 Å². The summed E-state index contributed by atoms with van der Waals surface area (Å²) in [7, 11) is 0. The van der Waals surface area contributed by atoms with Crippen LogP contribution in [0.3, 0.4) is 0 Å². The van der Waals surface area contributed by atoms with E-state index in [-0.39, 0.29) is 30.0 Å². The molecule has 0 radical (unpaired) electrons. The summed E-state index contributed by atoms with van der Waals surface area (Å²) in [4.78, 5) is 30.3. The van der Waals surface area contributed by atoms with Crippen LogP contribution in [0.5, 0.6) is 0 Å². The highest BCUT2D eigenvalue weighted by Crippen LogP contribution is 2.41. The van der Waals surface area contributed by atoms with E-state index in [0.717, 1.165) is 24.3 Å². The fourth-order valence-corrected chi connectivity index (χ4v) is 4.75. The number of carbonyl (C=O) groups is 1. The van der Waals surface area contributed by atoms with Crippen molar-refractivity contribution in [3.8, 4) is 0 Å². The molecular weight excluding hydrogens is 585 g/mol. The lowest BCUT2D eigenvalue weighted by molar-refractivity contribution is -0.145. The van der Waals surface area contributed by atoms with Gasteiger partial charge in [0.25, 0.3) is 5.56 Å². The van der Waals surface area contributed by atoms with Crippen LogP contribution < -0.4 is 15.8 Å². The van der Waals surface area contributed by atoms with Gasteiger partial charge in [0.2, 0.25) is 0 Å². The summed E-state index contributed by atoms with van der Waals surface area (Å²) in [6.07, 6.45) is -10.1. The standard InChI is InChI=1S/C26H16ClF7N4O3/c27-15-2-4-19(17(7-15)24(40)41)35-22(26(32,33)34)18-6-14(25(29,30)31)11-38-21(39)8-20(36-23(18)38)37-9-12-1-3-16(28)5-13(12)10-37/h1-8,11,22,35H,9-10H2,(H,40,41). The van der Waals surface area contributed by atoms with Crippen molar-refractivity contribution in [2.75, 3.05) is 10.2 Å². The maximum Gasteiger partial charge on any atom is 0.417 e. The van der Waals surface area contributed by atoms with Gasteiger partial charge in [-0.05, 0) is 47.5 Å². The number of benzene rings is 2. The summed E-state index contributed by atoms with van der Waals surface area (Å²) < 4.78 is 98.9. The fourth-order valence-electron chi connectivity index (χ4n) is 4.58. The molecule has 0 spiro atoms. The van der Waals surface area contributed by atoms with Crippen molar-refractivity contribution in [1.29, 1.82) is 0 Å². The van der Waals surface area contributed by atoms with Crippen molar-refractivity contribution in [2.45, 2.75) is 31.5 Å². The van der Waals surface area contributed by atoms with Gasteiger partial charge < -0.3 is 15.3 Å². The van der Waals surface area contributed by atoms with E-state index in [4.69, 9.17) is 11.6 Å². The van der Waals surface area contributed by atoms with E-state index in [1.54, 1.807) is 0 Å². The number of hydrogen-bond acceptors (Lipinski definition) is 5. The van der Waals surface area contributed by atoms with Crippen molar-refractivity contribution in [2.24, 2.45) is 0 Å². The Morgan fingerprint density at radius 2 is 1.71 bits per heavy atom. The summed E-state index contributed by atoms with van der Waals surface area (Å²) in [5, 5.41) is 11.3. The lowest BCUT2D eigenvalue weighted by Crippen LogP contribution is -2.31. The second kappa shape index (κ2) is 9.94. The van der Waals surface area contributed by atoms with Crippen molar-refractivity contribution in [1.82, 2.24) is 9.38 Å². The van der Waals surface area contributed by atoms with Gasteiger partial charge in [-0.3, -0.25) is 9.20 Å². The minimum absolute atomic E-state index is 0.0410. The first kappa shape index (κ1) is 28.2. The van der Waals surface area contributed by atoms with Crippen LogP contribution >= 0.6 is 11.6 Å². The van der Waals surface area contributed by atoms with Crippen LogP contribution in [0, 0.1) is 5.82 Å². The van der Waals surface area contributed by atoms with E-state index in [1.165, 1.54) is 23.1 Å². The number of aromatic nitrogens is 2. The van der Waals surface area contributed by atoms with E-state index >= 15 is 0 Å². The smallest absolute Gasteiger partial charge is 0.417 e. The number of carboxylic acid groups (broad SMARTS) is 1. The van der Waals surface area contributed by atoms with E-state index < -0.39 is 63.8 Å². The SMILES string of the molecule is O=C(O)c1cc(Cl)ccc1NC(c1cc(C(F)(F)F)cn2c(=O)cc(N3Cc4ccc(F)cc4C3)nc12)C(F)(F)F. The molecule has 2 N–H and O–H groups in total. The monoisotopic (exact) mass is 600 g/mol. The predicted octanol–water partition coefficient (Wildman–Crippen LogP) is 6.44. The minimum atomic E-state index is -5.30. The molecule has 1 unspecified atom stereocenters. The van der Waals surface area contributed by atoms with Gasteiger partial charge >= 0.3 is 18.3 Å². The largest absolute Gasteiger partial charge is 0.478 e. The first-order valence-corrected chi connectivity index (χ1v) is 12.0. The maximum atomic E-state index is 14.5. The molecule has 7 nitrogen and oxygen atoms in total. The number of carboxylic acids is 1. The molecule has 4 aromatic rings. The Kier molecular flexibility index (Phi) is 6.84. The quantitative estimate of drug-likeness (QED) is 0.257. The van der Waals surface area contributed by atoms with Crippen LogP contribution in [-0.4, -0.2) is 26.6 Å². The Labute approximate surface area is 230 Å². The molecule has 15 heteroatoms. The van der Waals surface area contributed by atoms with Crippen molar-refractivity contribution >= 4 is 34.7 Å². The lowest BCUT2D eigenvalue weighted by atomic mass is 10.0. The summed E-state index contributed by atoms with van der Waals surface area (Å²) in [6, 6.07) is 5.01. The number of nitrogens with one attached hydrogen (secondary N) is 1. The zero-order chi connectivity index (χ0) is 29.9. The second-order valence-corrected chi connectivity index (χ2v) is 9.65. The highest BCUT2D eigenvalue weighted by molar-refractivity contribution is 6.31. The zero-order valence-electron chi connectivity index (χ0n) is 20.3. The number of aromatic carboxylic acids is 1. The van der Waals surface area contributed by atoms with Gasteiger partial charge in [0.15, 0.2) is 6.04 Å². The molecular formula is C26H16ClF7N4O3. The van der Waals surface area contributed by atoms with Crippen LogP contribution in [0.25, 0.3) is 5.65 Å². The molecule has 41 heavy (non-hydrogen) atoms. The average Bonchev–Trinajstić information content (AvgIpc) is 3.29. The molecule has 1 aliphatic rings. The fraction of sp³-hybridized carbons (Fsp3) is 0.192. The summed E-state index contributed by atoms with van der Waals surface area (Å²) in [5.41, 5.74) is -4.54. The molecule has 3 heterocycles. The van der Waals surface area contributed by atoms with Gasteiger partial charge in [-0.15, -0.1) is 0 Å². The number of pyridine rings is 1. The molecule has 0 amide bonds. The maximum absolute atomic E-state index is 14.5. The molecule has 0 fully saturated rings. The van der Waals surface area contributed by atoms with Crippen molar-refractivity contribution in [3.63, 3.8) is 0 Å². The lowest BCUT2D eigenvalue weighted by Gasteiger charge is -2.26. The molecule has 1 atom stereocenters. The second-order valence-electron chi connectivity index (χ2n) is 9.21. The highest BCUT2D eigenvalue weighted by atomic mass is 35.5. The summed E-state index contributed by atoms with van der Waals surface area (Å²) in [5.74, 6) is -2.32. The number of alkyl halides is 6. The van der Waals surface area contributed by atoms with Crippen molar-refractivity contribution in [3.05, 3.63) is 104 Å². The number of anilines is 2. The molecule has 0 aliphatic carbocycles. The minimum Gasteiger partial charge on any atom is -0.478 e. The number of halogens is 8. The van der Waals surface area contributed by atoms with E-state index in [1.807, 2.05) is 5.32 Å². The normalized spacial score (nSPS) is 14.3. The summed E-state index contributed by atoms with van der Waals surface area (Å²) in [6.45, 7) is 0.154. The van der Waals surface area contributed by atoms with Crippen molar-refractivity contribution < 1.29 is 40.6 Å². The van der Waals surface area contributed by atoms with Gasteiger partial charge in [0.1, 0.15) is 17.3 Å². The molecule has 2 aromatic heterocycles. The third-order valence-corrected chi connectivity index (χ3v) is 6.70. The van der Waals surface area contributed by atoms with Crippen LogP contribution in [0.4, 0.5) is 42.2 Å². The van der Waals surface area contributed by atoms with Gasteiger partial charge in [-0.25, -0.2) is 14.2 Å². The van der Waals surface area contributed by atoms with Gasteiger partial charge in [-0.1, -0.05) is 17.7 Å². The molecule has 2 aromatic carbocycles. The number of hydrogen-bond donors (Lipinski definition) is 2. The van der Waals surface area contributed by atoms with Gasteiger partial charge in [0, 0.05) is 41.6 Å². The molecule has 5 rings (SSSR count). The summed E-state index contributed by atoms with van der Waals surface area (Å²) >= 11 is 5.78. The third-order valence-electron chi connectivity index (χ3n) is 6.47. The molecule has 0 saturated carbocycles. The van der Waals surface area contributed by atoms with Gasteiger partial charge in [0.05, 0.1) is 11.1 Å². The van der Waals surface area contributed by atoms with Crippen LogP contribution in [-0.2, 0) is 19.3 Å². The van der Waals surface area contributed by atoms with Crippen LogP contribution in [0.15, 0.2) is 59.5 Å². The molecule has 214 valence electrons. The zero-order valence-corrected chi connectivity index (χ0v) is 21.1. The Bertz CT molecular complexity index is 1750. The molecule has 0 bridgehead atoms. The first-order chi connectivity index (χ1) is 19.1. The number of rotatable bonds is 5. The Balaban J connectivity index is 1.71. The van der Waals surface area contributed by atoms with E-state index in [2.05, 4.69) is 4.98 Å². The predicted molar refractivity (Wildman–Crippen MR) is 134 cm³/mol. The topological polar surface area (TPSA) is 86.9 Å².